The van der Waals surface area contributed by atoms with Gasteiger partial charge in [0, 0.05) is 0 Å². The Bertz CT molecular complexity index is 15.1. The molecule has 0 bridgehead atoms. The van der Waals surface area contributed by atoms with Gasteiger partial charge in [0.15, 0.2) is 0 Å². The second-order valence-electron chi connectivity index (χ2n) is 0.0816. The molecule has 0 saturated carbocycles. The molecule has 0 aromatic heterocycles. The van der Waals surface area contributed by atoms with Crippen LogP contribution in [0.4, 0.5) is 0 Å². The second-order valence-corrected chi connectivity index (χ2v) is 0.245. The molecule has 0 unspecified atom stereocenters. The molecule has 22 valence electrons. The molecule has 0 radical (unpaired) electrons. The summed E-state index contributed by atoms with van der Waals surface area (Å²) in [5, 5.41) is 0. The van der Waals surface area contributed by atoms with E-state index >= 15 is 0 Å². The van der Waals surface area contributed by atoms with Gasteiger partial charge in [0.25, 0.3) is 0 Å². The Hall–Kier alpha value is 2.06. The first-order chi connectivity index (χ1) is 1.41. The molecule has 2 nitrogen and oxygen atoms in total. The molecule has 0 fully saturated rings. The fourth-order valence-corrected chi connectivity index (χ4v) is 0. The van der Waals surface area contributed by atoms with E-state index in [1.165, 1.54) is 0 Å². The second kappa shape index (κ2) is 16.6. The quantitative estimate of drug-likeness (QED) is 0.318. The molecule has 5 heteroatoms. The van der Waals surface area contributed by atoms with E-state index in [0.29, 0.717) is 0 Å². The fourth-order valence-electron chi connectivity index (χ4n) is 0. The van der Waals surface area contributed by atoms with Gasteiger partial charge in [-0.05, 0) is 0 Å². The third-order valence-electron chi connectivity index (χ3n) is 0. The van der Waals surface area contributed by atoms with Crippen molar-refractivity contribution in [2.45, 2.75) is 0 Å². The molecule has 0 amide bonds. The van der Waals surface area contributed by atoms with Gasteiger partial charge in [-0.2, -0.15) is 0 Å². The Morgan fingerprint density at radius 1 is 1.40 bits per heavy atom. The standard InChI is InChI=1S/2Na.HO2P.2H/c;;1-3-2;;/h;;(H,1,2);;. The van der Waals surface area contributed by atoms with Gasteiger partial charge in [0.2, 0.25) is 0 Å². The Labute approximate surface area is 76.2 Å². The van der Waals surface area contributed by atoms with Crippen LogP contribution in [-0.4, -0.2) is 64.0 Å². The van der Waals surface area contributed by atoms with Crippen molar-refractivity contribution in [1.29, 1.82) is 0 Å². The Morgan fingerprint density at radius 3 is 1.40 bits per heavy atom. The predicted molar refractivity (Wildman–Crippen MR) is 24.1 cm³/mol. The molecule has 0 rings (SSSR count). The van der Waals surface area contributed by atoms with Crippen LogP contribution < -0.4 is 0 Å². The van der Waals surface area contributed by atoms with Gasteiger partial charge in [-0.15, -0.1) is 0 Å². The van der Waals surface area contributed by atoms with Crippen molar-refractivity contribution in [2.24, 2.45) is 0 Å². The van der Waals surface area contributed by atoms with E-state index in [4.69, 9.17) is 9.46 Å². The molecule has 0 aliphatic heterocycles. The topological polar surface area (TPSA) is 37.3 Å². The maximum absolute atomic E-state index is 8.46. The predicted octanol–water partition coefficient (Wildman–Crippen LogP) is -1.11. The summed E-state index contributed by atoms with van der Waals surface area (Å²) in [6.07, 6.45) is 0. The van der Waals surface area contributed by atoms with Crippen molar-refractivity contribution in [1.82, 2.24) is 0 Å². The summed E-state index contributed by atoms with van der Waals surface area (Å²) in [7, 11) is -0.833. The van der Waals surface area contributed by atoms with Crippen LogP contribution in [0.5, 0.6) is 0 Å². The molecule has 0 aliphatic rings. The molecule has 5 heavy (non-hydrogen) atoms. The fraction of sp³-hybridized carbons (Fsp3) is 0. The monoisotopic (exact) mass is 112 g/mol. The van der Waals surface area contributed by atoms with E-state index < -0.39 is 8.69 Å². The van der Waals surface area contributed by atoms with Gasteiger partial charge >= 0.3 is 67.8 Å². The molecular formula is H3Na2O2P. The SMILES string of the molecule is O=PO.[NaH].[NaH]. The Balaban J connectivity index is -0.0000000200. The average Bonchev–Trinajstić information content (AvgIpc) is 0.918. The molecule has 1 N–H and O–H groups in total. The molecule has 0 spiro atoms. The van der Waals surface area contributed by atoms with E-state index in [1.807, 2.05) is 0 Å². The summed E-state index contributed by atoms with van der Waals surface area (Å²) in [6, 6.07) is 0. The van der Waals surface area contributed by atoms with E-state index in [9.17, 15) is 0 Å². The van der Waals surface area contributed by atoms with Crippen LogP contribution in [0.2, 0.25) is 0 Å². The summed E-state index contributed by atoms with van der Waals surface area (Å²) < 4.78 is 8.46. The normalized spacial score (nSPS) is 4.20. The van der Waals surface area contributed by atoms with Crippen molar-refractivity contribution in [3.63, 3.8) is 0 Å². The van der Waals surface area contributed by atoms with Crippen LogP contribution >= 0.6 is 8.69 Å². The minimum atomic E-state index is -0.833. The summed E-state index contributed by atoms with van der Waals surface area (Å²) in [5.41, 5.74) is 0. The first kappa shape index (κ1) is 15.7. The Morgan fingerprint density at radius 2 is 1.40 bits per heavy atom. The third-order valence-corrected chi connectivity index (χ3v) is 0. The van der Waals surface area contributed by atoms with Gasteiger partial charge < -0.3 is 4.89 Å². The third kappa shape index (κ3) is 23.5. The van der Waals surface area contributed by atoms with Gasteiger partial charge in [-0.1, -0.05) is 0 Å². The van der Waals surface area contributed by atoms with Crippen LogP contribution in [0, 0.1) is 0 Å². The van der Waals surface area contributed by atoms with E-state index in [1.54, 1.807) is 0 Å². The zero-order valence-electron chi connectivity index (χ0n) is 1.30. The van der Waals surface area contributed by atoms with Crippen molar-refractivity contribution in [2.75, 3.05) is 0 Å². The van der Waals surface area contributed by atoms with Gasteiger partial charge in [-0.25, -0.2) is 4.57 Å². The van der Waals surface area contributed by atoms with Crippen LogP contribution in [0.1, 0.15) is 0 Å². The first-order valence-corrected chi connectivity index (χ1v) is 1.15. The molecule has 0 heterocycles. The molecule has 0 saturated heterocycles. The average molecular weight is 112 g/mol. The van der Waals surface area contributed by atoms with Gasteiger partial charge in [0.05, 0.1) is 0 Å². The van der Waals surface area contributed by atoms with E-state index in [2.05, 4.69) is 0 Å². The van der Waals surface area contributed by atoms with Gasteiger partial charge in [-0.3, -0.25) is 0 Å². The molecule has 0 atom stereocenters. The summed E-state index contributed by atoms with van der Waals surface area (Å²) >= 11 is 0. The van der Waals surface area contributed by atoms with Crippen molar-refractivity contribution in [3.05, 3.63) is 0 Å². The number of hydrogen-bond acceptors (Lipinski definition) is 1. The number of hydrogen-bond donors (Lipinski definition) is 1. The summed E-state index contributed by atoms with van der Waals surface area (Å²) in [5.74, 6) is 0. The van der Waals surface area contributed by atoms with Crippen LogP contribution in [0.3, 0.4) is 0 Å². The first-order valence-electron chi connectivity index (χ1n) is 0.383. The molecular weight excluding hydrogens is 109 g/mol. The van der Waals surface area contributed by atoms with E-state index in [0.717, 1.165) is 0 Å². The molecule has 0 aliphatic carbocycles. The van der Waals surface area contributed by atoms with E-state index in [-0.39, 0.29) is 59.1 Å². The summed E-state index contributed by atoms with van der Waals surface area (Å²) in [6.45, 7) is 0. The van der Waals surface area contributed by atoms with Crippen molar-refractivity contribution >= 4 is 67.8 Å². The molecule has 0 aromatic carbocycles. The minimum absolute atomic E-state index is 0. The maximum atomic E-state index is 8.46. The van der Waals surface area contributed by atoms with Crippen LogP contribution in [-0.2, 0) is 4.57 Å². The van der Waals surface area contributed by atoms with Gasteiger partial charge in [0.1, 0.15) is 0 Å². The molecule has 0 aromatic rings. The van der Waals surface area contributed by atoms with Crippen LogP contribution in [0.25, 0.3) is 0 Å². The summed E-state index contributed by atoms with van der Waals surface area (Å²) in [4.78, 5) is 6.99. The Kier molecular flexibility index (Phi) is 52.1. The van der Waals surface area contributed by atoms with Crippen LogP contribution in [0.15, 0.2) is 0 Å². The number of rotatable bonds is 0. The van der Waals surface area contributed by atoms with Crippen molar-refractivity contribution < 1.29 is 9.46 Å². The van der Waals surface area contributed by atoms with Crippen molar-refractivity contribution in [3.8, 4) is 0 Å². The zero-order chi connectivity index (χ0) is 2.71. The zero-order valence-corrected chi connectivity index (χ0v) is 2.20.